The van der Waals surface area contributed by atoms with E-state index < -0.39 is 7.04 Å². The molecule has 0 unspecified atom stereocenters. The predicted octanol–water partition coefficient (Wildman–Crippen LogP) is 2.24. The maximum atomic E-state index is 6.95. The third-order valence-electron chi connectivity index (χ3n) is 1.68. The number of ether oxygens (including phenoxy) is 1. The number of rotatable bonds is 1. The SMILES string of the molecule is [2H]C([2H])([2H])Oc1ccc2ccccc2n1. The highest BCUT2D eigenvalue weighted by Crippen LogP contribution is 2.15. The molecule has 2 heteroatoms. The van der Waals surface area contributed by atoms with Crippen LogP contribution in [0.1, 0.15) is 4.11 Å². The minimum atomic E-state index is -2.45. The highest BCUT2D eigenvalue weighted by Gasteiger charge is 1.94. The van der Waals surface area contributed by atoms with E-state index in [9.17, 15) is 0 Å². The fraction of sp³-hybridized carbons (Fsp3) is 0.100. The summed E-state index contributed by atoms with van der Waals surface area (Å²) in [5, 5.41) is 0.954. The highest BCUT2D eigenvalue weighted by molar-refractivity contribution is 5.78. The molecule has 0 radical (unpaired) electrons. The third-order valence-corrected chi connectivity index (χ3v) is 1.68. The van der Waals surface area contributed by atoms with Crippen LogP contribution in [0.4, 0.5) is 0 Å². The van der Waals surface area contributed by atoms with Gasteiger partial charge in [0.15, 0.2) is 0 Å². The topological polar surface area (TPSA) is 22.1 Å². The van der Waals surface area contributed by atoms with Crippen LogP contribution in [0.5, 0.6) is 5.88 Å². The third kappa shape index (κ3) is 1.11. The van der Waals surface area contributed by atoms with Gasteiger partial charge in [-0.05, 0) is 12.1 Å². The molecule has 1 aromatic heterocycles. The molecule has 0 atom stereocenters. The molecular formula is C10H9NO. The van der Waals surface area contributed by atoms with Gasteiger partial charge in [-0.15, -0.1) is 0 Å². The van der Waals surface area contributed by atoms with Crippen molar-refractivity contribution in [3.05, 3.63) is 36.4 Å². The Bertz CT molecular complexity index is 481. The fourth-order valence-electron chi connectivity index (χ4n) is 1.10. The molecule has 1 aromatic carbocycles. The van der Waals surface area contributed by atoms with Crippen molar-refractivity contribution in [2.24, 2.45) is 0 Å². The number of para-hydroxylation sites is 1. The maximum absolute atomic E-state index is 6.95. The average Bonchev–Trinajstić information content (AvgIpc) is 2.15. The van der Waals surface area contributed by atoms with Gasteiger partial charge in [-0.3, -0.25) is 0 Å². The number of fused-ring (bicyclic) bond motifs is 1. The van der Waals surface area contributed by atoms with Gasteiger partial charge in [0.25, 0.3) is 0 Å². The Balaban J connectivity index is 2.39. The van der Waals surface area contributed by atoms with E-state index in [1.165, 1.54) is 0 Å². The fourth-order valence-corrected chi connectivity index (χ4v) is 1.10. The molecule has 0 aliphatic carbocycles. The van der Waals surface area contributed by atoms with Crippen molar-refractivity contribution in [2.45, 2.75) is 0 Å². The number of pyridine rings is 1. The van der Waals surface area contributed by atoms with Crippen molar-refractivity contribution in [1.82, 2.24) is 4.98 Å². The van der Waals surface area contributed by atoms with Crippen LogP contribution in [-0.4, -0.2) is 12.0 Å². The zero-order chi connectivity index (χ0) is 10.9. The molecule has 2 nitrogen and oxygen atoms in total. The average molecular weight is 162 g/mol. The van der Waals surface area contributed by atoms with Crippen LogP contribution in [-0.2, 0) is 0 Å². The van der Waals surface area contributed by atoms with E-state index in [2.05, 4.69) is 4.98 Å². The van der Waals surface area contributed by atoms with Crippen LogP contribution in [0.2, 0.25) is 0 Å². The van der Waals surface area contributed by atoms with Crippen molar-refractivity contribution in [3.63, 3.8) is 0 Å². The summed E-state index contributed by atoms with van der Waals surface area (Å²) in [5.41, 5.74) is 0.722. The van der Waals surface area contributed by atoms with Crippen LogP contribution in [0.25, 0.3) is 10.9 Å². The number of aromatic nitrogens is 1. The molecule has 60 valence electrons. The second kappa shape index (κ2) is 2.81. The van der Waals surface area contributed by atoms with Crippen molar-refractivity contribution in [3.8, 4) is 5.88 Å². The van der Waals surface area contributed by atoms with Crippen LogP contribution < -0.4 is 4.74 Å². The molecule has 0 amide bonds. The molecule has 0 spiro atoms. The molecular weight excluding hydrogens is 150 g/mol. The molecule has 2 rings (SSSR count). The second-order valence-electron chi connectivity index (χ2n) is 2.44. The molecule has 0 aliphatic rings. The maximum Gasteiger partial charge on any atom is 0.213 e. The largest absolute Gasteiger partial charge is 0.481 e. The lowest BCUT2D eigenvalue weighted by atomic mass is 10.2. The second-order valence-corrected chi connectivity index (χ2v) is 2.44. The molecule has 0 fully saturated rings. The first-order valence-corrected chi connectivity index (χ1v) is 3.59. The van der Waals surface area contributed by atoms with Gasteiger partial charge in [0.05, 0.1) is 16.7 Å². The van der Waals surface area contributed by atoms with E-state index in [4.69, 9.17) is 8.85 Å². The summed E-state index contributed by atoms with van der Waals surface area (Å²) in [6, 6.07) is 10.8. The number of hydrogen-bond acceptors (Lipinski definition) is 2. The van der Waals surface area contributed by atoms with E-state index in [-0.39, 0.29) is 5.88 Å². The molecule has 0 saturated carbocycles. The minimum Gasteiger partial charge on any atom is -0.481 e. The Hall–Kier alpha value is -1.57. The van der Waals surface area contributed by atoms with Crippen LogP contribution in [0, 0.1) is 0 Å². The molecule has 12 heavy (non-hydrogen) atoms. The number of nitrogens with zero attached hydrogens (tertiary/aromatic N) is 1. The summed E-state index contributed by atoms with van der Waals surface area (Å²) in [6.07, 6.45) is 0. The first-order chi connectivity index (χ1) is 7.04. The molecule has 0 bridgehead atoms. The lowest BCUT2D eigenvalue weighted by Crippen LogP contribution is -1.86. The normalized spacial score (nSPS) is 14.8. The van der Waals surface area contributed by atoms with Gasteiger partial charge in [-0.1, -0.05) is 18.2 Å². The summed E-state index contributed by atoms with van der Waals surface area (Å²) < 4.78 is 25.5. The number of hydrogen-bond donors (Lipinski definition) is 0. The standard InChI is InChI=1S/C10H9NO/c1-12-10-7-6-8-4-2-3-5-9(8)11-10/h2-7H,1H3/i1D3. The first kappa shape index (κ1) is 4.45. The summed E-state index contributed by atoms with van der Waals surface area (Å²) in [5.74, 6) is 0.119. The zero-order valence-corrected chi connectivity index (χ0v) is 6.32. The van der Waals surface area contributed by atoms with Crippen molar-refractivity contribution in [2.75, 3.05) is 7.04 Å². The lowest BCUT2D eigenvalue weighted by molar-refractivity contribution is 0.399. The van der Waals surface area contributed by atoms with E-state index in [1.54, 1.807) is 12.1 Å². The minimum absolute atomic E-state index is 0.119. The van der Waals surface area contributed by atoms with Crippen LogP contribution in [0.15, 0.2) is 36.4 Å². The molecule has 1 heterocycles. The molecule has 0 saturated heterocycles. The quantitative estimate of drug-likeness (QED) is 0.641. The molecule has 2 aromatic rings. The van der Waals surface area contributed by atoms with Gasteiger partial charge in [0, 0.05) is 11.5 Å². The lowest BCUT2D eigenvalue weighted by Gasteiger charge is -1.99. The summed E-state index contributed by atoms with van der Waals surface area (Å²) >= 11 is 0. The van der Waals surface area contributed by atoms with E-state index in [0.29, 0.717) is 0 Å². The summed E-state index contributed by atoms with van der Waals surface area (Å²) in [7, 11) is -2.45. The Morgan fingerprint density at radius 2 is 2.17 bits per heavy atom. The Labute approximate surface area is 75.0 Å². The Morgan fingerprint density at radius 3 is 3.08 bits per heavy atom. The van der Waals surface area contributed by atoms with Crippen LogP contribution in [0.3, 0.4) is 0 Å². The molecule has 0 aliphatic heterocycles. The predicted molar refractivity (Wildman–Crippen MR) is 48.3 cm³/mol. The number of methoxy groups -OCH3 is 1. The Morgan fingerprint density at radius 1 is 1.25 bits per heavy atom. The van der Waals surface area contributed by atoms with Crippen molar-refractivity contribution < 1.29 is 8.85 Å². The van der Waals surface area contributed by atoms with Gasteiger partial charge in [-0.25, -0.2) is 4.98 Å². The van der Waals surface area contributed by atoms with E-state index in [1.807, 2.05) is 24.3 Å². The molecule has 0 N–H and O–H groups in total. The summed E-state index contributed by atoms with van der Waals surface area (Å²) in [6.45, 7) is 0. The summed E-state index contributed by atoms with van der Waals surface area (Å²) in [4.78, 5) is 4.08. The van der Waals surface area contributed by atoms with Gasteiger partial charge in [0.2, 0.25) is 5.88 Å². The van der Waals surface area contributed by atoms with Gasteiger partial charge in [-0.2, -0.15) is 0 Å². The van der Waals surface area contributed by atoms with Gasteiger partial charge in [0.1, 0.15) is 0 Å². The van der Waals surface area contributed by atoms with Gasteiger partial charge < -0.3 is 4.74 Å². The number of benzene rings is 1. The van der Waals surface area contributed by atoms with E-state index >= 15 is 0 Å². The van der Waals surface area contributed by atoms with E-state index in [0.717, 1.165) is 10.9 Å². The highest BCUT2D eigenvalue weighted by atomic mass is 16.5. The zero-order valence-electron chi connectivity index (χ0n) is 9.32. The van der Waals surface area contributed by atoms with Crippen molar-refractivity contribution >= 4 is 10.9 Å². The van der Waals surface area contributed by atoms with Crippen LogP contribution >= 0.6 is 0 Å². The van der Waals surface area contributed by atoms with Gasteiger partial charge >= 0.3 is 0 Å². The first-order valence-electron chi connectivity index (χ1n) is 5.09. The Kier molecular flexibility index (Phi) is 1.04. The monoisotopic (exact) mass is 162 g/mol. The smallest absolute Gasteiger partial charge is 0.213 e. The van der Waals surface area contributed by atoms with Crippen molar-refractivity contribution in [1.29, 1.82) is 0 Å².